The van der Waals surface area contributed by atoms with Crippen molar-refractivity contribution in [2.75, 3.05) is 13.1 Å². The molecule has 0 amide bonds. The molecule has 0 atom stereocenters. The number of halogens is 3. The summed E-state index contributed by atoms with van der Waals surface area (Å²) in [7, 11) is 0. The van der Waals surface area contributed by atoms with Crippen molar-refractivity contribution >= 4 is 21.7 Å². The zero-order chi connectivity index (χ0) is 15.5. The van der Waals surface area contributed by atoms with E-state index in [1.165, 1.54) is 12.1 Å². The van der Waals surface area contributed by atoms with Gasteiger partial charge in [-0.3, -0.25) is 9.69 Å². The first-order valence-corrected chi connectivity index (χ1v) is 7.45. The molecule has 2 nitrogen and oxygen atoms in total. The van der Waals surface area contributed by atoms with E-state index in [0.717, 1.165) is 0 Å². The third-order valence-corrected chi connectivity index (χ3v) is 4.33. The molecular formula is C15H20BrF2NO. The highest BCUT2D eigenvalue weighted by Crippen LogP contribution is 2.25. The number of rotatable bonds is 6. The number of likely N-dealkylation sites (N-methyl/N-ethyl adjacent to an activating group) is 1. The Balaban J connectivity index is 3.05. The van der Waals surface area contributed by atoms with Crippen molar-refractivity contribution < 1.29 is 13.6 Å². The van der Waals surface area contributed by atoms with E-state index < -0.39 is 17.2 Å². The van der Waals surface area contributed by atoms with Crippen LogP contribution in [0.5, 0.6) is 0 Å². The maximum atomic E-state index is 13.9. The second kappa shape index (κ2) is 6.76. The van der Waals surface area contributed by atoms with E-state index in [1.807, 2.05) is 18.7 Å². The standard InChI is InChI=1S/C15H20BrF2NO/c1-5-19(6-2)15(3,4)13(20)9-10-12(17)8-7-11(16)14(10)18/h7-8H,5-6,9H2,1-4H3. The molecule has 1 aromatic rings. The van der Waals surface area contributed by atoms with Crippen molar-refractivity contribution in [3.63, 3.8) is 0 Å². The quantitative estimate of drug-likeness (QED) is 0.726. The summed E-state index contributed by atoms with van der Waals surface area (Å²) < 4.78 is 27.8. The molecule has 0 aromatic heterocycles. The summed E-state index contributed by atoms with van der Waals surface area (Å²) in [5.74, 6) is -1.58. The Labute approximate surface area is 127 Å². The van der Waals surface area contributed by atoms with E-state index in [-0.39, 0.29) is 22.2 Å². The third-order valence-electron chi connectivity index (χ3n) is 3.71. The van der Waals surface area contributed by atoms with Crippen molar-refractivity contribution in [1.82, 2.24) is 4.90 Å². The van der Waals surface area contributed by atoms with E-state index in [2.05, 4.69) is 15.9 Å². The summed E-state index contributed by atoms with van der Waals surface area (Å²) in [4.78, 5) is 14.4. The fraction of sp³-hybridized carbons (Fsp3) is 0.533. The molecule has 0 spiro atoms. The molecule has 1 aromatic carbocycles. The van der Waals surface area contributed by atoms with Crippen LogP contribution in [0.4, 0.5) is 8.78 Å². The van der Waals surface area contributed by atoms with Crippen molar-refractivity contribution in [1.29, 1.82) is 0 Å². The van der Waals surface area contributed by atoms with E-state index in [0.29, 0.717) is 13.1 Å². The molecule has 0 radical (unpaired) electrons. The average molecular weight is 348 g/mol. The highest BCUT2D eigenvalue weighted by atomic mass is 79.9. The zero-order valence-corrected chi connectivity index (χ0v) is 13.9. The van der Waals surface area contributed by atoms with E-state index in [4.69, 9.17) is 0 Å². The summed E-state index contributed by atoms with van der Waals surface area (Å²) in [6.07, 6.45) is -0.249. The summed E-state index contributed by atoms with van der Waals surface area (Å²) in [6, 6.07) is 2.47. The van der Waals surface area contributed by atoms with Gasteiger partial charge in [-0.1, -0.05) is 13.8 Å². The zero-order valence-electron chi connectivity index (χ0n) is 12.3. The number of hydrogen-bond donors (Lipinski definition) is 0. The van der Waals surface area contributed by atoms with Crippen LogP contribution in [-0.2, 0) is 11.2 Å². The number of carbonyl (C=O) groups excluding carboxylic acids is 1. The average Bonchev–Trinajstić information content (AvgIpc) is 2.40. The van der Waals surface area contributed by atoms with Crippen LogP contribution in [0.1, 0.15) is 33.3 Å². The molecule has 0 aliphatic rings. The molecule has 0 heterocycles. The van der Waals surface area contributed by atoms with Gasteiger partial charge in [0.05, 0.1) is 10.0 Å². The summed E-state index contributed by atoms with van der Waals surface area (Å²) in [6.45, 7) is 8.90. The van der Waals surface area contributed by atoms with Crippen LogP contribution >= 0.6 is 15.9 Å². The SMILES string of the molecule is CCN(CC)C(C)(C)C(=O)Cc1c(F)ccc(Br)c1F. The van der Waals surface area contributed by atoms with E-state index >= 15 is 0 Å². The van der Waals surface area contributed by atoms with E-state index in [9.17, 15) is 13.6 Å². The van der Waals surface area contributed by atoms with Crippen LogP contribution < -0.4 is 0 Å². The molecule has 0 fully saturated rings. The second-order valence-electron chi connectivity index (χ2n) is 5.15. The molecule has 0 aliphatic heterocycles. The molecule has 0 bridgehead atoms. The van der Waals surface area contributed by atoms with Crippen LogP contribution in [0.2, 0.25) is 0 Å². The molecule has 0 saturated carbocycles. The van der Waals surface area contributed by atoms with Gasteiger partial charge in [0.25, 0.3) is 0 Å². The molecule has 20 heavy (non-hydrogen) atoms. The number of hydrogen-bond acceptors (Lipinski definition) is 2. The molecule has 0 saturated heterocycles. The van der Waals surface area contributed by atoms with Gasteiger partial charge in [-0.2, -0.15) is 0 Å². The van der Waals surface area contributed by atoms with Crippen LogP contribution in [0.25, 0.3) is 0 Å². The first-order chi connectivity index (χ1) is 9.25. The Bertz CT molecular complexity index is 499. The lowest BCUT2D eigenvalue weighted by Gasteiger charge is -2.35. The minimum Gasteiger partial charge on any atom is -0.297 e. The van der Waals surface area contributed by atoms with Crippen LogP contribution in [0.15, 0.2) is 16.6 Å². The molecule has 5 heteroatoms. The van der Waals surface area contributed by atoms with Gasteiger partial charge in [0.15, 0.2) is 5.78 Å². The fourth-order valence-corrected chi connectivity index (χ4v) is 2.67. The molecule has 0 N–H and O–H groups in total. The Kier molecular flexibility index (Phi) is 5.83. The summed E-state index contributed by atoms with van der Waals surface area (Å²) in [5.41, 5.74) is -0.922. The van der Waals surface area contributed by atoms with Gasteiger partial charge in [0.1, 0.15) is 11.6 Å². The van der Waals surface area contributed by atoms with Gasteiger partial charge >= 0.3 is 0 Å². The lowest BCUT2D eigenvalue weighted by molar-refractivity contribution is -0.128. The molecular weight excluding hydrogens is 328 g/mol. The van der Waals surface area contributed by atoms with Crippen molar-refractivity contribution in [3.8, 4) is 0 Å². The van der Waals surface area contributed by atoms with Crippen molar-refractivity contribution in [3.05, 3.63) is 33.8 Å². The molecule has 1 rings (SSSR count). The number of benzene rings is 1. The summed E-state index contributed by atoms with van der Waals surface area (Å²) >= 11 is 3.01. The first-order valence-electron chi connectivity index (χ1n) is 6.66. The van der Waals surface area contributed by atoms with Crippen LogP contribution in [-0.4, -0.2) is 29.3 Å². The topological polar surface area (TPSA) is 20.3 Å². The minimum atomic E-state index is -0.745. The highest BCUT2D eigenvalue weighted by molar-refractivity contribution is 9.10. The first kappa shape index (κ1) is 17.2. The number of nitrogens with zero attached hydrogens (tertiary/aromatic N) is 1. The molecule has 0 unspecified atom stereocenters. The van der Waals surface area contributed by atoms with Gasteiger partial charge in [0, 0.05) is 12.0 Å². The van der Waals surface area contributed by atoms with Gasteiger partial charge in [-0.15, -0.1) is 0 Å². The van der Waals surface area contributed by atoms with Gasteiger partial charge < -0.3 is 0 Å². The third kappa shape index (κ3) is 3.44. The second-order valence-corrected chi connectivity index (χ2v) is 6.01. The lowest BCUT2D eigenvalue weighted by atomic mass is 9.91. The summed E-state index contributed by atoms with van der Waals surface area (Å²) in [5, 5.41) is 0. The Morgan fingerprint density at radius 3 is 2.30 bits per heavy atom. The van der Waals surface area contributed by atoms with Gasteiger partial charge in [-0.25, -0.2) is 8.78 Å². The minimum absolute atomic E-state index is 0.169. The maximum absolute atomic E-state index is 13.9. The predicted molar refractivity (Wildman–Crippen MR) is 79.8 cm³/mol. The van der Waals surface area contributed by atoms with E-state index in [1.54, 1.807) is 13.8 Å². The maximum Gasteiger partial charge on any atom is 0.157 e. The predicted octanol–water partition coefficient (Wildman–Crippen LogP) is 3.96. The Morgan fingerprint density at radius 2 is 1.80 bits per heavy atom. The smallest absolute Gasteiger partial charge is 0.157 e. The number of ketones is 1. The lowest BCUT2D eigenvalue weighted by Crippen LogP contribution is -2.50. The molecule has 0 aliphatic carbocycles. The Hall–Kier alpha value is -0.810. The van der Waals surface area contributed by atoms with Crippen LogP contribution in [0.3, 0.4) is 0 Å². The highest BCUT2D eigenvalue weighted by Gasteiger charge is 2.33. The largest absolute Gasteiger partial charge is 0.297 e. The number of Topliss-reactive ketones (excluding diaryl/α,β-unsaturated/α-hetero) is 1. The Morgan fingerprint density at radius 1 is 1.25 bits per heavy atom. The monoisotopic (exact) mass is 347 g/mol. The normalized spacial score (nSPS) is 12.0. The van der Waals surface area contributed by atoms with Gasteiger partial charge in [-0.05, 0) is 55.0 Å². The fourth-order valence-electron chi connectivity index (χ4n) is 2.30. The van der Waals surface area contributed by atoms with Crippen molar-refractivity contribution in [2.24, 2.45) is 0 Å². The van der Waals surface area contributed by atoms with Crippen LogP contribution in [0, 0.1) is 11.6 Å². The molecule has 112 valence electrons. The number of carbonyl (C=O) groups is 1. The van der Waals surface area contributed by atoms with Crippen molar-refractivity contribution in [2.45, 2.75) is 39.7 Å². The van der Waals surface area contributed by atoms with Gasteiger partial charge in [0.2, 0.25) is 0 Å².